The molecule has 0 saturated heterocycles. The van der Waals surface area contributed by atoms with Crippen LogP contribution in [-0.2, 0) is 19.1 Å². The highest BCUT2D eigenvalue weighted by Gasteiger charge is 2.63. The first-order chi connectivity index (χ1) is 13.1. The van der Waals surface area contributed by atoms with Crippen LogP contribution in [0.5, 0.6) is 0 Å². The van der Waals surface area contributed by atoms with E-state index < -0.39 is 16.4 Å². The molecule has 5 fully saturated rings. The second-order valence-electron chi connectivity index (χ2n) is 11.5. The van der Waals surface area contributed by atoms with Crippen molar-refractivity contribution in [3.8, 4) is 0 Å². The van der Waals surface area contributed by atoms with E-state index in [9.17, 15) is 9.59 Å². The van der Waals surface area contributed by atoms with Gasteiger partial charge in [0.25, 0.3) is 0 Å². The zero-order valence-corrected chi connectivity index (χ0v) is 18.3. The van der Waals surface area contributed by atoms with E-state index in [0.717, 1.165) is 57.8 Å². The molecule has 5 aliphatic rings. The van der Waals surface area contributed by atoms with Crippen LogP contribution in [0.4, 0.5) is 0 Å². The van der Waals surface area contributed by atoms with Gasteiger partial charge in [-0.2, -0.15) is 0 Å². The van der Waals surface area contributed by atoms with Crippen molar-refractivity contribution in [2.24, 2.45) is 22.7 Å². The first-order valence-electron chi connectivity index (χ1n) is 11.6. The molecule has 5 saturated carbocycles. The number of esters is 2. The van der Waals surface area contributed by atoms with Crippen LogP contribution < -0.4 is 0 Å². The van der Waals surface area contributed by atoms with Gasteiger partial charge < -0.3 is 9.47 Å². The molecule has 4 bridgehead atoms. The Balaban J connectivity index is 1.54. The summed E-state index contributed by atoms with van der Waals surface area (Å²) in [6, 6.07) is 0. The number of carbonyl (C=O) groups is 2. The zero-order valence-electron chi connectivity index (χ0n) is 18.3. The van der Waals surface area contributed by atoms with Crippen LogP contribution in [-0.4, -0.2) is 23.1 Å². The molecule has 0 spiro atoms. The molecule has 158 valence electrons. The molecule has 0 aromatic carbocycles. The lowest BCUT2D eigenvalue weighted by molar-refractivity contribution is -0.224. The zero-order chi connectivity index (χ0) is 20.2. The fraction of sp³-hybridized carbons (Fsp3) is 0.917. The van der Waals surface area contributed by atoms with Crippen LogP contribution in [0.1, 0.15) is 105 Å². The summed E-state index contributed by atoms with van der Waals surface area (Å²) in [5, 5.41) is 0. The van der Waals surface area contributed by atoms with Crippen molar-refractivity contribution in [3.63, 3.8) is 0 Å². The van der Waals surface area contributed by atoms with Crippen LogP contribution in [0.3, 0.4) is 0 Å². The van der Waals surface area contributed by atoms with Crippen molar-refractivity contribution < 1.29 is 19.1 Å². The Morgan fingerprint density at radius 1 is 0.964 bits per heavy atom. The Kier molecular flexibility index (Phi) is 4.87. The van der Waals surface area contributed by atoms with E-state index in [2.05, 4.69) is 6.92 Å². The second-order valence-corrected chi connectivity index (χ2v) is 11.5. The minimum absolute atomic E-state index is 0.00109. The van der Waals surface area contributed by atoms with Crippen molar-refractivity contribution >= 4 is 11.9 Å². The molecule has 5 rings (SSSR count). The molecule has 0 heterocycles. The summed E-state index contributed by atoms with van der Waals surface area (Å²) in [5.41, 5.74) is -1.64. The quantitative estimate of drug-likeness (QED) is 0.576. The summed E-state index contributed by atoms with van der Waals surface area (Å²) in [6.45, 7) is 8.07. The normalized spacial score (nSPS) is 38.9. The van der Waals surface area contributed by atoms with Crippen LogP contribution >= 0.6 is 0 Å². The smallest absolute Gasteiger partial charge is 0.312 e. The lowest BCUT2D eigenvalue weighted by Crippen LogP contribution is -2.61. The number of rotatable bonds is 5. The number of hydrogen-bond donors (Lipinski definition) is 0. The van der Waals surface area contributed by atoms with E-state index in [1.165, 1.54) is 12.8 Å². The molecule has 4 nitrogen and oxygen atoms in total. The molecule has 0 amide bonds. The number of ether oxygens (including phenoxy) is 2. The predicted octanol–water partition coefficient (Wildman–Crippen LogP) is 5.57. The third kappa shape index (κ3) is 3.50. The van der Waals surface area contributed by atoms with Gasteiger partial charge in [-0.3, -0.25) is 9.59 Å². The molecule has 2 unspecified atom stereocenters. The maximum absolute atomic E-state index is 13.5. The van der Waals surface area contributed by atoms with Gasteiger partial charge in [0.1, 0.15) is 11.2 Å². The van der Waals surface area contributed by atoms with Crippen LogP contribution in [0, 0.1) is 22.7 Å². The van der Waals surface area contributed by atoms with Crippen molar-refractivity contribution in [2.75, 3.05) is 0 Å². The monoisotopic (exact) mass is 390 g/mol. The first-order valence-corrected chi connectivity index (χ1v) is 11.6. The molecule has 4 heteroatoms. The predicted molar refractivity (Wildman–Crippen MR) is 108 cm³/mol. The van der Waals surface area contributed by atoms with E-state index in [1.807, 2.05) is 20.8 Å². The summed E-state index contributed by atoms with van der Waals surface area (Å²) in [4.78, 5) is 26.4. The van der Waals surface area contributed by atoms with E-state index >= 15 is 0 Å². The summed E-state index contributed by atoms with van der Waals surface area (Å²) < 4.78 is 12.5. The third-order valence-electron chi connectivity index (χ3n) is 8.44. The van der Waals surface area contributed by atoms with Gasteiger partial charge in [-0.05, 0) is 96.8 Å². The van der Waals surface area contributed by atoms with E-state index in [4.69, 9.17) is 9.47 Å². The van der Waals surface area contributed by atoms with Gasteiger partial charge >= 0.3 is 11.9 Å². The standard InChI is InChI=1S/C24H38O4/c1-5-21(2,3)19(25)28-24-14-17-11-18(15-24)13-23(12-17,16-24)20(26)27-22(4)9-7-6-8-10-22/h17-18H,5-16H2,1-4H3. The summed E-state index contributed by atoms with van der Waals surface area (Å²) in [6.07, 6.45) is 11.8. The van der Waals surface area contributed by atoms with Gasteiger partial charge in [-0.1, -0.05) is 13.3 Å². The van der Waals surface area contributed by atoms with Gasteiger partial charge in [0.15, 0.2) is 0 Å². The minimum atomic E-state index is -0.466. The molecule has 0 radical (unpaired) electrons. The van der Waals surface area contributed by atoms with E-state index in [1.54, 1.807) is 0 Å². The topological polar surface area (TPSA) is 52.6 Å². The Morgan fingerprint density at radius 3 is 2.14 bits per heavy atom. The SMILES string of the molecule is CCC(C)(C)C(=O)OC12CC3CC(C1)CC(C(=O)OC1(C)CCCCC1)(C3)C2. The molecule has 0 N–H and O–H groups in total. The van der Waals surface area contributed by atoms with Gasteiger partial charge in [-0.25, -0.2) is 0 Å². The number of hydrogen-bond acceptors (Lipinski definition) is 4. The lowest BCUT2D eigenvalue weighted by atomic mass is 9.47. The van der Waals surface area contributed by atoms with Crippen LogP contribution in [0.2, 0.25) is 0 Å². The Labute approximate surface area is 170 Å². The molecule has 28 heavy (non-hydrogen) atoms. The molecular weight excluding hydrogens is 352 g/mol. The highest BCUT2D eigenvalue weighted by atomic mass is 16.6. The third-order valence-corrected chi connectivity index (χ3v) is 8.44. The largest absolute Gasteiger partial charge is 0.459 e. The molecule has 0 aliphatic heterocycles. The van der Waals surface area contributed by atoms with Crippen molar-refractivity contribution in [2.45, 2.75) is 116 Å². The summed E-state index contributed by atoms with van der Waals surface area (Å²) in [7, 11) is 0. The molecule has 0 aromatic rings. The molecule has 0 aromatic heterocycles. The average Bonchev–Trinajstić information content (AvgIpc) is 2.60. The number of carbonyl (C=O) groups excluding carboxylic acids is 2. The second kappa shape index (κ2) is 6.74. The average molecular weight is 391 g/mol. The van der Waals surface area contributed by atoms with E-state index in [0.29, 0.717) is 18.3 Å². The highest BCUT2D eigenvalue weighted by molar-refractivity contribution is 5.79. The Hall–Kier alpha value is -1.06. The highest BCUT2D eigenvalue weighted by Crippen LogP contribution is 2.63. The van der Waals surface area contributed by atoms with Crippen molar-refractivity contribution in [1.82, 2.24) is 0 Å². The molecule has 5 aliphatic carbocycles. The van der Waals surface area contributed by atoms with Crippen LogP contribution in [0.15, 0.2) is 0 Å². The maximum atomic E-state index is 13.5. The molecule has 2 atom stereocenters. The summed E-state index contributed by atoms with van der Waals surface area (Å²) in [5.74, 6) is 0.886. The Morgan fingerprint density at radius 2 is 1.57 bits per heavy atom. The fourth-order valence-electron chi connectivity index (χ4n) is 6.75. The van der Waals surface area contributed by atoms with Gasteiger partial charge in [0.2, 0.25) is 0 Å². The van der Waals surface area contributed by atoms with Crippen molar-refractivity contribution in [1.29, 1.82) is 0 Å². The maximum Gasteiger partial charge on any atom is 0.312 e. The summed E-state index contributed by atoms with van der Waals surface area (Å²) >= 11 is 0. The Bertz CT molecular complexity index is 629. The van der Waals surface area contributed by atoms with Gasteiger partial charge in [0.05, 0.1) is 10.8 Å². The first kappa shape index (κ1) is 20.2. The minimum Gasteiger partial charge on any atom is -0.459 e. The van der Waals surface area contributed by atoms with Crippen LogP contribution in [0.25, 0.3) is 0 Å². The van der Waals surface area contributed by atoms with Gasteiger partial charge in [0, 0.05) is 6.42 Å². The lowest BCUT2D eigenvalue weighted by Gasteiger charge is -2.60. The van der Waals surface area contributed by atoms with Crippen molar-refractivity contribution in [3.05, 3.63) is 0 Å². The van der Waals surface area contributed by atoms with Gasteiger partial charge in [-0.15, -0.1) is 0 Å². The fourth-order valence-corrected chi connectivity index (χ4v) is 6.75. The molecular formula is C24H38O4. The van der Waals surface area contributed by atoms with E-state index in [-0.39, 0.29) is 17.5 Å².